The van der Waals surface area contributed by atoms with Gasteiger partial charge in [-0.15, -0.1) is 0 Å². The van der Waals surface area contributed by atoms with Crippen LogP contribution >= 0.6 is 0 Å². The summed E-state index contributed by atoms with van der Waals surface area (Å²) >= 11 is 0. The molecule has 86 valence electrons. The van der Waals surface area contributed by atoms with Crippen LogP contribution in [0.5, 0.6) is 0 Å². The minimum atomic E-state index is -0.176. The molecule has 0 heterocycles. The van der Waals surface area contributed by atoms with E-state index >= 15 is 0 Å². The third kappa shape index (κ3) is 4.03. The van der Waals surface area contributed by atoms with Crippen LogP contribution in [0.15, 0.2) is 30.3 Å². The predicted octanol–water partition coefficient (Wildman–Crippen LogP) is 1.73. The first-order chi connectivity index (χ1) is 7.84. The zero-order valence-electron chi connectivity index (χ0n) is 9.32. The van der Waals surface area contributed by atoms with Crippen molar-refractivity contribution >= 4 is 5.97 Å². The van der Waals surface area contributed by atoms with Crippen LogP contribution in [-0.4, -0.2) is 19.1 Å². The van der Waals surface area contributed by atoms with Gasteiger partial charge in [0, 0.05) is 0 Å². The maximum absolute atomic E-state index is 11.3. The standard InChI is InChI=1S/C13H17NO2/c15-13(9-14-8-11-6-7-11)16-10-12-4-2-1-3-5-12/h1-5,11,14H,6-10H2. The summed E-state index contributed by atoms with van der Waals surface area (Å²) in [6.45, 7) is 1.63. The summed E-state index contributed by atoms with van der Waals surface area (Å²) in [6, 6.07) is 9.72. The van der Waals surface area contributed by atoms with Gasteiger partial charge in [-0.3, -0.25) is 4.79 Å². The molecular formula is C13H17NO2. The van der Waals surface area contributed by atoms with Gasteiger partial charge in [-0.2, -0.15) is 0 Å². The van der Waals surface area contributed by atoms with Crippen molar-refractivity contribution in [1.82, 2.24) is 5.32 Å². The van der Waals surface area contributed by atoms with Gasteiger partial charge in [0.05, 0.1) is 6.54 Å². The Bertz CT molecular complexity index is 333. The van der Waals surface area contributed by atoms with E-state index in [4.69, 9.17) is 4.74 Å². The van der Waals surface area contributed by atoms with Crippen molar-refractivity contribution in [3.63, 3.8) is 0 Å². The van der Waals surface area contributed by atoms with Crippen LogP contribution in [0.3, 0.4) is 0 Å². The lowest BCUT2D eigenvalue weighted by molar-refractivity contribution is -0.143. The highest BCUT2D eigenvalue weighted by Gasteiger charge is 2.20. The highest BCUT2D eigenvalue weighted by atomic mass is 16.5. The Kier molecular flexibility index (Phi) is 3.94. The summed E-state index contributed by atoms with van der Waals surface area (Å²) in [5.74, 6) is 0.617. The van der Waals surface area contributed by atoms with Gasteiger partial charge < -0.3 is 10.1 Å². The first-order valence-corrected chi connectivity index (χ1v) is 5.75. The Morgan fingerprint density at radius 1 is 1.31 bits per heavy atom. The average molecular weight is 219 g/mol. The minimum absolute atomic E-state index is 0.176. The zero-order valence-corrected chi connectivity index (χ0v) is 9.32. The molecule has 0 amide bonds. The van der Waals surface area contributed by atoms with E-state index in [1.807, 2.05) is 30.3 Å². The van der Waals surface area contributed by atoms with Crippen LogP contribution in [0.2, 0.25) is 0 Å². The van der Waals surface area contributed by atoms with Crippen molar-refractivity contribution in [2.45, 2.75) is 19.4 Å². The maximum Gasteiger partial charge on any atom is 0.320 e. The SMILES string of the molecule is O=C(CNCC1CC1)OCc1ccccc1. The smallest absolute Gasteiger partial charge is 0.320 e. The summed E-state index contributed by atoms with van der Waals surface area (Å²) in [6.07, 6.45) is 2.60. The quantitative estimate of drug-likeness (QED) is 0.740. The van der Waals surface area contributed by atoms with E-state index in [1.54, 1.807) is 0 Å². The molecule has 1 N–H and O–H groups in total. The molecule has 16 heavy (non-hydrogen) atoms. The zero-order chi connectivity index (χ0) is 11.2. The third-order valence-corrected chi connectivity index (χ3v) is 2.64. The first-order valence-electron chi connectivity index (χ1n) is 5.75. The molecule has 0 bridgehead atoms. The molecule has 0 saturated heterocycles. The van der Waals surface area contributed by atoms with Crippen molar-refractivity contribution < 1.29 is 9.53 Å². The Labute approximate surface area is 95.8 Å². The Morgan fingerprint density at radius 2 is 2.06 bits per heavy atom. The number of esters is 1. The molecule has 3 heteroatoms. The van der Waals surface area contributed by atoms with Crippen LogP contribution in [0, 0.1) is 5.92 Å². The van der Waals surface area contributed by atoms with E-state index in [9.17, 15) is 4.79 Å². The normalized spacial score (nSPS) is 14.8. The summed E-state index contributed by atoms with van der Waals surface area (Å²) in [5, 5.41) is 3.11. The van der Waals surface area contributed by atoms with Crippen LogP contribution < -0.4 is 5.32 Å². The number of hydrogen-bond donors (Lipinski definition) is 1. The molecule has 1 fully saturated rings. The fraction of sp³-hybridized carbons (Fsp3) is 0.462. The van der Waals surface area contributed by atoms with Gasteiger partial charge in [-0.25, -0.2) is 0 Å². The van der Waals surface area contributed by atoms with Gasteiger partial charge in [-0.05, 0) is 30.9 Å². The van der Waals surface area contributed by atoms with Gasteiger partial charge in [-0.1, -0.05) is 30.3 Å². The summed E-state index contributed by atoms with van der Waals surface area (Å²) in [4.78, 5) is 11.3. The highest BCUT2D eigenvalue weighted by molar-refractivity contribution is 5.71. The summed E-state index contributed by atoms with van der Waals surface area (Å²) in [5.41, 5.74) is 1.03. The van der Waals surface area contributed by atoms with Crippen molar-refractivity contribution in [1.29, 1.82) is 0 Å². The number of ether oxygens (including phenoxy) is 1. The largest absolute Gasteiger partial charge is 0.460 e. The monoisotopic (exact) mass is 219 g/mol. The summed E-state index contributed by atoms with van der Waals surface area (Å²) in [7, 11) is 0. The Hall–Kier alpha value is -1.35. The van der Waals surface area contributed by atoms with E-state index < -0.39 is 0 Å². The minimum Gasteiger partial charge on any atom is -0.460 e. The lowest BCUT2D eigenvalue weighted by Crippen LogP contribution is -2.26. The van der Waals surface area contributed by atoms with E-state index in [1.165, 1.54) is 12.8 Å². The molecule has 1 aromatic carbocycles. The molecule has 0 atom stereocenters. The van der Waals surface area contributed by atoms with Gasteiger partial charge in [0.1, 0.15) is 6.61 Å². The van der Waals surface area contributed by atoms with Crippen LogP contribution in [0.25, 0.3) is 0 Å². The molecule has 1 aliphatic rings. The van der Waals surface area contributed by atoms with Crippen molar-refractivity contribution in [2.24, 2.45) is 5.92 Å². The molecule has 0 unspecified atom stereocenters. The predicted molar refractivity (Wildman–Crippen MR) is 61.8 cm³/mol. The number of carbonyl (C=O) groups is 1. The fourth-order valence-corrected chi connectivity index (χ4v) is 1.49. The second kappa shape index (κ2) is 5.66. The van der Waals surface area contributed by atoms with Crippen molar-refractivity contribution in [3.05, 3.63) is 35.9 Å². The molecule has 0 spiro atoms. The first kappa shape index (κ1) is 11.1. The number of benzene rings is 1. The third-order valence-electron chi connectivity index (χ3n) is 2.64. The lowest BCUT2D eigenvalue weighted by atomic mass is 10.2. The molecule has 0 aliphatic heterocycles. The van der Waals surface area contributed by atoms with Crippen LogP contribution in [0.1, 0.15) is 18.4 Å². The number of carbonyl (C=O) groups excluding carboxylic acids is 1. The van der Waals surface area contributed by atoms with Crippen LogP contribution in [-0.2, 0) is 16.1 Å². The van der Waals surface area contributed by atoms with E-state index in [0.29, 0.717) is 13.2 Å². The molecular weight excluding hydrogens is 202 g/mol. The van der Waals surface area contributed by atoms with Crippen LogP contribution in [0.4, 0.5) is 0 Å². The van der Waals surface area contributed by atoms with Gasteiger partial charge in [0.15, 0.2) is 0 Å². The van der Waals surface area contributed by atoms with Gasteiger partial charge in [0.25, 0.3) is 0 Å². The molecule has 0 radical (unpaired) electrons. The second-order valence-electron chi connectivity index (χ2n) is 4.22. The van der Waals surface area contributed by atoms with Gasteiger partial charge >= 0.3 is 5.97 Å². The Morgan fingerprint density at radius 3 is 2.75 bits per heavy atom. The number of rotatable bonds is 6. The van der Waals surface area contributed by atoms with Crippen molar-refractivity contribution in [2.75, 3.05) is 13.1 Å². The molecule has 1 aromatic rings. The number of hydrogen-bond acceptors (Lipinski definition) is 3. The van der Waals surface area contributed by atoms with E-state index in [0.717, 1.165) is 18.0 Å². The fourth-order valence-electron chi connectivity index (χ4n) is 1.49. The topological polar surface area (TPSA) is 38.3 Å². The second-order valence-corrected chi connectivity index (χ2v) is 4.22. The molecule has 0 aromatic heterocycles. The molecule has 3 nitrogen and oxygen atoms in total. The summed E-state index contributed by atoms with van der Waals surface area (Å²) < 4.78 is 5.13. The lowest BCUT2D eigenvalue weighted by Gasteiger charge is -2.05. The van der Waals surface area contributed by atoms with Gasteiger partial charge in [0.2, 0.25) is 0 Å². The molecule has 1 saturated carbocycles. The highest BCUT2D eigenvalue weighted by Crippen LogP contribution is 2.27. The number of nitrogens with one attached hydrogen (secondary N) is 1. The Balaban J connectivity index is 1.59. The maximum atomic E-state index is 11.3. The molecule has 1 aliphatic carbocycles. The van der Waals surface area contributed by atoms with E-state index in [2.05, 4.69) is 5.32 Å². The van der Waals surface area contributed by atoms with E-state index in [-0.39, 0.29) is 5.97 Å². The van der Waals surface area contributed by atoms with Crippen molar-refractivity contribution in [3.8, 4) is 0 Å². The molecule has 2 rings (SSSR count). The average Bonchev–Trinajstić information content (AvgIpc) is 3.12.